The van der Waals surface area contributed by atoms with E-state index in [0.717, 1.165) is 11.1 Å². The topological polar surface area (TPSA) is 20.3 Å². The van der Waals surface area contributed by atoms with Crippen molar-refractivity contribution in [1.82, 2.24) is 4.90 Å². The Morgan fingerprint density at radius 2 is 1.43 bits per heavy atom. The van der Waals surface area contributed by atoms with E-state index in [1.54, 1.807) is 0 Å². The predicted molar refractivity (Wildman–Crippen MR) is 84.1 cm³/mol. The first-order valence-corrected chi connectivity index (χ1v) is 6.58. The van der Waals surface area contributed by atoms with Gasteiger partial charge in [0.05, 0.1) is 12.6 Å². The Labute approximate surface area is 125 Å². The molecule has 0 fully saturated rings. The lowest BCUT2D eigenvalue weighted by molar-refractivity contribution is -0.126. The van der Waals surface area contributed by atoms with Crippen LogP contribution in [-0.4, -0.2) is 17.4 Å². The summed E-state index contributed by atoms with van der Waals surface area (Å²) in [7, 11) is 0. The van der Waals surface area contributed by atoms with E-state index in [-0.39, 0.29) is 12.6 Å². The Hall–Kier alpha value is -2.97. The van der Waals surface area contributed by atoms with Crippen LogP contribution in [0.15, 0.2) is 60.7 Å². The molecule has 2 rings (SSSR count). The van der Waals surface area contributed by atoms with Crippen LogP contribution in [0.25, 0.3) is 0 Å². The van der Waals surface area contributed by atoms with Crippen molar-refractivity contribution in [3.8, 4) is 24.7 Å². The number of rotatable bonds is 4. The van der Waals surface area contributed by atoms with E-state index in [4.69, 9.17) is 12.8 Å². The van der Waals surface area contributed by atoms with Crippen molar-refractivity contribution in [3.63, 3.8) is 0 Å². The van der Waals surface area contributed by atoms with Crippen molar-refractivity contribution in [1.29, 1.82) is 0 Å². The smallest absolute Gasteiger partial charge is 0.299 e. The summed E-state index contributed by atoms with van der Waals surface area (Å²) in [5.74, 6) is 4.26. The van der Waals surface area contributed by atoms with E-state index >= 15 is 0 Å². The minimum absolute atomic E-state index is 0.164. The lowest BCUT2D eigenvalue weighted by Gasteiger charge is -2.29. The van der Waals surface area contributed by atoms with E-state index in [1.165, 1.54) is 4.90 Å². The van der Waals surface area contributed by atoms with Gasteiger partial charge in [0.15, 0.2) is 0 Å². The number of benzene rings is 2. The second-order valence-corrected chi connectivity index (χ2v) is 4.51. The normalized spacial score (nSPS) is 9.67. The van der Waals surface area contributed by atoms with E-state index in [0.29, 0.717) is 0 Å². The van der Waals surface area contributed by atoms with Gasteiger partial charge in [-0.1, -0.05) is 66.6 Å². The van der Waals surface area contributed by atoms with Crippen LogP contribution >= 0.6 is 0 Å². The number of hydrogen-bond acceptors (Lipinski definition) is 1. The van der Waals surface area contributed by atoms with Gasteiger partial charge in [-0.05, 0) is 17.0 Å². The molecule has 0 aromatic heterocycles. The molecule has 0 saturated heterocycles. The van der Waals surface area contributed by atoms with Gasteiger partial charge in [0.25, 0.3) is 5.91 Å². The zero-order valence-electron chi connectivity index (χ0n) is 11.6. The van der Waals surface area contributed by atoms with Crippen molar-refractivity contribution in [2.24, 2.45) is 0 Å². The lowest BCUT2D eigenvalue weighted by atomic mass is 9.97. The van der Waals surface area contributed by atoms with E-state index < -0.39 is 5.91 Å². The van der Waals surface area contributed by atoms with Gasteiger partial charge in [-0.2, -0.15) is 0 Å². The van der Waals surface area contributed by atoms with Crippen LogP contribution < -0.4 is 0 Å². The molecule has 2 aromatic carbocycles. The number of carbonyl (C=O) groups is 1. The zero-order chi connectivity index (χ0) is 15.1. The molecule has 102 valence electrons. The molecule has 0 aliphatic rings. The molecular formula is C19H15NO. The average molecular weight is 273 g/mol. The Kier molecular flexibility index (Phi) is 4.80. The van der Waals surface area contributed by atoms with Gasteiger partial charge in [-0.25, -0.2) is 0 Å². The van der Waals surface area contributed by atoms with Gasteiger partial charge >= 0.3 is 0 Å². The first-order chi connectivity index (χ1) is 10.3. The van der Waals surface area contributed by atoms with Gasteiger partial charge in [-0.15, -0.1) is 12.8 Å². The first kappa shape index (κ1) is 14.4. The molecule has 21 heavy (non-hydrogen) atoms. The zero-order valence-corrected chi connectivity index (χ0v) is 11.6. The lowest BCUT2D eigenvalue weighted by Crippen LogP contribution is -2.35. The molecular weight excluding hydrogens is 258 g/mol. The molecule has 0 saturated carbocycles. The molecule has 2 nitrogen and oxygen atoms in total. The minimum atomic E-state index is -0.411. The highest BCUT2D eigenvalue weighted by atomic mass is 16.2. The van der Waals surface area contributed by atoms with Gasteiger partial charge in [0.1, 0.15) is 0 Å². The molecule has 0 aliphatic carbocycles. The highest BCUT2D eigenvalue weighted by Gasteiger charge is 2.24. The summed E-state index contributed by atoms with van der Waals surface area (Å²) in [6.07, 6.45) is 10.7. The van der Waals surface area contributed by atoms with Crippen LogP contribution in [0.2, 0.25) is 0 Å². The SMILES string of the molecule is C#CCN(C(=O)C#C)C(c1ccccc1)c1ccccc1. The molecule has 1 amide bonds. The Bertz CT molecular complexity index is 638. The molecule has 0 N–H and O–H groups in total. The van der Waals surface area contributed by atoms with Crippen LogP contribution in [0, 0.1) is 24.7 Å². The third-order valence-electron chi connectivity index (χ3n) is 3.19. The third kappa shape index (κ3) is 3.32. The van der Waals surface area contributed by atoms with Crippen molar-refractivity contribution >= 4 is 5.91 Å². The minimum Gasteiger partial charge on any atom is -0.310 e. The van der Waals surface area contributed by atoms with Crippen LogP contribution in [0.1, 0.15) is 17.2 Å². The summed E-state index contributed by atoms with van der Waals surface area (Å²) in [6, 6.07) is 19.2. The molecule has 0 heterocycles. The number of carbonyl (C=O) groups excluding carboxylic acids is 1. The molecule has 0 atom stereocenters. The van der Waals surface area contributed by atoms with Crippen LogP contribution in [0.3, 0.4) is 0 Å². The number of nitrogens with zero attached hydrogens (tertiary/aromatic N) is 1. The van der Waals surface area contributed by atoms with Crippen molar-refractivity contribution < 1.29 is 4.79 Å². The Morgan fingerprint density at radius 1 is 0.952 bits per heavy atom. The van der Waals surface area contributed by atoms with E-state index in [1.807, 2.05) is 60.7 Å². The average Bonchev–Trinajstić information content (AvgIpc) is 2.55. The molecule has 0 radical (unpaired) electrons. The van der Waals surface area contributed by atoms with Crippen LogP contribution in [-0.2, 0) is 4.79 Å². The van der Waals surface area contributed by atoms with Gasteiger partial charge in [0, 0.05) is 0 Å². The fourth-order valence-corrected chi connectivity index (χ4v) is 2.28. The van der Waals surface area contributed by atoms with Gasteiger partial charge in [0.2, 0.25) is 0 Å². The molecule has 0 spiro atoms. The highest BCUT2D eigenvalue weighted by molar-refractivity contribution is 5.93. The Balaban J connectivity index is 2.53. The maximum atomic E-state index is 12.1. The van der Waals surface area contributed by atoms with Gasteiger partial charge in [-0.3, -0.25) is 4.79 Å². The molecule has 2 heteroatoms. The van der Waals surface area contributed by atoms with Crippen molar-refractivity contribution in [3.05, 3.63) is 71.8 Å². The summed E-state index contributed by atoms with van der Waals surface area (Å²) in [5, 5.41) is 0. The maximum absolute atomic E-state index is 12.1. The second kappa shape index (κ2) is 6.98. The van der Waals surface area contributed by atoms with E-state index in [2.05, 4.69) is 11.8 Å². The number of hydrogen-bond donors (Lipinski definition) is 0. The van der Waals surface area contributed by atoms with E-state index in [9.17, 15) is 4.79 Å². The summed E-state index contributed by atoms with van der Waals surface area (Å²) in [6.45, 7) is 0.164. The number of amides is 1. The monoisotopic (exact) mass is 273 g/mol. The molecule has 0 bridgehead atoms. The molecule has 2 aromatic rings. The van der Waals surface area contributed by atoms with Crippen LogP contribution in [0.5, 0.6) is 0 Å². The maximum Gasteiger partial charge on any atom is 0.299 e. The van der Waals surface area contributed by atoms with Gasteiger partial charge < -0.3 is 4.90 Å². The van der Waals surface area contributed by atoms with Crippen LogP contribution in [0.4, 0.5) is 0 Å². The summed E-state index contributed by atoms with van der Waals surface area (Å²) in [4.78, 5) is 13.6. The fraction of sp³-hybridized carbons (Fsp3) is 0.105. The molecule has 0 aliphatic heterocycles. The quantitative estimate of drug-likeness (QED) is 0.784. The highest BCUT2D eigenvalue weighted by Crippen LogP contribution is 2.28. The first-order valence-electron chi connectivity index (χ1n) is 6.58. The third-order valence-corrected chi connectivity index (χ3v) is 3.19. The largest absolute Gasteiger partial charge is 0.310 e. The number of terminal acetylenes is 2. The Morgan fingerprint density at radius 3 is 1.81 bits per heavy atom. The second-order valence-electron chi connectivity index (χ2n) is 4.51. The summed E-state index contributed by atoms with van der Waals surface area (Å²) in [5.41, 5.74) is 1.95. The van der Waals surface area contributed by atoms with Crippen molar-refractivity contribution in [2.75, 3.05) is 6.54 Å². The van der Waals surface area contributed by atoms with Crippen molar-refractivity contribution in [2.45, 2.75) is 6.04 Å². The summed E-state index contributed by atoms with van der Waals surface area (Å²) < 4.78 is 0. The molecule has 0 unspecified atom stereocenters. The summed E-state index contributed by atoms with van der Waals surface area (Å²) >= 11 is 0. The fourth-order valence-electron chi connectivity index (χ4n) is 2.28. The standard InChI is InChI=1S/C19H15NO/c1-3-15-20(18(21)4-2)19(16-11-7-5-8-12-16)17-13-9-6-10-14-17/h1-2,5-14,19H,15H2. The predicted octanol–water partition coefficient (Wildman–Crippen LogP) is 2.87.